The fourth-order valence-electron chi connectivity index (χ4n) is 3.45. The van der Waals surface area contributed by atoms with E-state index in [2.05, 4.69) is 22.3 Å². The van der Waals surface area contributed by atoms with Gasteiger partial charge in [-0.05, 0) is 50.0 Å². The molecular weight excluding hydrogens is 342 g/mol. The Morgan fingerprint density at radius 3 is 2.59 bits per heavy atom. The van der Waals surface area contributed by atoms with Crippen LogP contribution in [-0.4, -0.2) is 28.8 Å². The van der Waals surface area contributed by atoms with Gasteiger partial charge >= 0.3 is 0 Å². The fourth-order valence-corrected chi connectivity index (χ4v) is 3.45. The summed E-state index contributed by atoms with van der Waals surface area (Å²) in [6.45, 7) is 5.29. The molecule has 142 valence electrons. The number of carbonyl (C=O) groups excluding carboxylic acids is 1. The van der Waals surface area contributed by atoms with Crippen molar-refractivity contribution in [2.24, 2.45) is 0 Å². The number of amides is 1. The van der Waals surface area contributed by atoms with Crippen molar-refractivity contribution < 1.29 is 9.72 Å². The number of piperidine rings is 1. The third kappa shape index (κ3) is 5.14. The Balaban J connectivity index is 1.61. The Morgan fingerprint density at radius 1 is 1.11 bits per heavy atom. The molecule has 1 fully saturated rings. The van der Waals surface area contributed by atoms with Gasteiger partial charge in [-0.2, -0.15) is 0 Å². The molecule has 6 nitrogen and oxygen atoms in total. The zero-order valence-corrected chi connectivity index (χ0v) is 15.6. The van der Waals surface area contributed by atoms with Crippen molar-refractivity contribution >= 4 is 11.6 Å². The van der Waals surface area contributed by atoms with Gasteiger partial charge in [0.15, 0.2) is 0 Å². The van der Waals surface area contributed by atoms with Crippen molar-refractivity contribution in [1.29, 1.82) is 0 Å². The Morgan fingerprint density at radius 2 is 1.85 bits per heavy atom. The molecule has 0 aromatic heterocycles. The summed E-state index contributed by atoms with van der Waals surface area (Å²) in [6.07, 6.45) is 3.84. The van der Waals surface area contributed by atoms with Gasteiger partial charge in [0.05, 0.1) is 4.92 Å². The summed E-state index contributed by atoms with van der Waals surface area (Å²) >= 11 is 0. The van der Waals surface area contributed by atoms with Crippen LogP contribution in [0, 0.1) is 17.0 Å². The lowest BCUT2D eigenvalue weighted by Gasteiger charge is -2.26. The first-order valence-corrected chi connectivity index (χ1v) is 9.36. The lowest BCUT2D eigenvalue weighted by atomic mass is 10.1. The molecule has 6 heteroatoms. The fraction of sp³-hybridized carbons (Fsp3) is 0.381. The highest BCUT2D eigenvalue weighted by molar-refractivity contribution is 5.94. The van der Waals surface area contributed by atoms with Crippen LogP contribution in [0.4, 0.5) is 5.69 Å². The predicted molar refractivity (Wildman–Crippen MR) is 105 cm³/mol. The second-order valence-corrected chi connectivity index (χ2v) is 7.10. The largest absolute Gasteiger partial charge is 0.348 e. The smallest absolute Gasteiger partial charge is 0.273 e. The van der Waals surface area contributed by atoms with E-state index in [0.717, 1.165) is 25.2 Å². The maximum atomic E-state index is 12.4. The van der Waals surface area contributed by atoms with Gasteiger partial charge in [0, 0.05) is 30.3 Å². The van der Waals surface area contributed by atoms with Crippen molar-refractivity contribution in [2.45, 2.75) is 39.3 Å². The molecule has 1 aliphatic rings. The van der Waals surface area contributed by atoms with E-state index in [4.69, 9.17) is 0 Å². The monoisotopic (exact) mass is 367 g/mol. The van der Waals surface area contributed by atoms with Gasteiger partial charge in [-0.1, -0.05) is 36.8 Å². The van der Waals surface area contributed by atoms with Crippen LogP contribution in [0.2, 0.25) is 0 Å². The third-order valence-corrected chi connectivity index (χ3v) is 4.97. The van der Waals surface area contributed by atoms with Gasteiger partial charge in [0.25, 0.3) is 11.6 Å². The van der Waals surface area contributed by atoms with Gasteiger partial charge in [0.2, 0.25) is 0 Å². The van der Waals surface area contributed by atoms with Crippen LogP contribution in [0.5, 0.6) is 0 Å². The molecule has 2 aromatic rings. The number of aryl methyl sites for hydroxylation is 1. The average Bonchev–Trinajstić information content (AvgIpc) is 2.67. The van der Waals surface area contributed by atoms with E-state index >= 15 is 0 Å². The standard InChI is InChI=1S/C21H25N3O3/c1-16-8-9-19(13-20(16)24(26)27)21(25)22-14-17-6-5-7-18(12-17)15-23-10-3-2-4-11-23/h5-9,12-13H,2-4,10-11,14-15H2,1H3,(H,22,25). The van der Waals surface area contributed by atoms with E-state index in [1.165, 1.54) is 30.9 Å². The summed E-state index contributed by atoms with van der Waals surface area (Å²) < 4.78 is 0. The number of nitro benzene ring substituents is 1. The summed E-state index contributed by atoms with van der Waals surface area (Å²) in [5.74, 6) is -0.306. The zero-order chi connectivity index (χ0) is 19.2. The summed E-state index contributed by atoms with van der Waals surface area (Å²) in [6, 6.07) is 12.8. The second-order valence-electron chi connectivity index (χ2n) is 7.10. The Labute approximate surface area is 159 Å². The quantitative estimate of drug-likeness (QED) is 0.622. The molecule has 0 unspecified atom stereocenters. The number of nitrogens with zero attached hydrogens (tertiary/aromatic N) is 2. The average molecular weight is 367 g/mol. The number of hydrogen-bond donors (Lipinski definition) is 1. The molecule has 0 saturated carbocycles. The lowest BCUT2D eigenvalue weighted by molar-refractivity contribution is -0.385. The molecule has 27 heavy (non-hydrogen) atoms. The summed E-state index contributed by atoms with van der Waals surface area (Å²) in [4.78, 5) is 25.4. The minimum Gasteiger partial charge on any atom is -0.348 e. The molecule has 1 amide bonds. The van der Waals surface area contributed by atoms with Gasteiger partial charge in [-0.3, -0.25) is 19.8 Å². The van der Waals surface area contributed by atoms with Crippen molar-refractivity contribution in [3.8, 4) is 0 Å². The molecule has 0 spiro atoms. The Kier molecular flexibility index (Phi) is 6.19. The van der Waals surface area contributed by atoms with E-state index in [0.29, 0.717) is 17.7 Å². The van der Waals surface area contributed by atoms with Crippen LogP contribution in [0.15, 0.2) is 42.5 Å². The molecule has 0 bridgehead atoms. The first-order chi connectivity index (χ1) is 13.0. The molecule has 3 rings (SSSR count). The minimum absolute atomic E-state index is 0.0359. The highest BCUT2D eigenvalue weighted by Crippen LogP contribution is 2.19. The number of benzene rings is 2. The molecule has 0 radical (unpaired) electrons. The van der Waals surface area contributed by atoms with Gasteiger partial charge in [-0.25, -0.2) is 0 Å². The molecule has 0 aliphatic carbocycles. The first-order valence-electron chi connectivity index (χ1n) is 9.36. The van der Waals surface area contributed by atoms with E-state index in [9.17, 15) is 14.9 Å². The van der Waals surface area contributed by atoms with Crippen LogP contribution >= 0.6 is 0 Å². The number of hydrogen-bond acceptors (Lipinski definition) is 4. The first kappa shape index (κ1) is 19.0. The van der Waals surface area contributed by atoms with E-state index < -0.39 is 4.92 Å². The number of carbonyl (C=O) groups is 1. The second kappa shape index (κ2) is 8.77. The Hall–Kier alpha value is -2.73. The van der Waals surface area contributed by atoms with Crippen molar-refractivity contribution in [3.05, 3.63) is 74.8 Å². The van der Waals surface area contributed by atoms with Crippen molar-refractivity contribution in [3.63, 3.8) is 0 Å². The maximum Gasteiger partial charge on any atom is 0.273 e. The van der Waals surface area contributed by atoms with Crippen LogP contribution in [0.25, 0.3) is 0 Å². The van der Waals surface area contributed by atoms with Crippen molar-refractivity contribution in [2.75, 3.05) is 13.1 Å². The lowest BCUT2D eigenvalue weighted by Crippen LogP contribution is -2.29. The summed E-state index contributed by atoms with van der Waals surface area (Å²) in [7, 11) is 0. The number of nitro groups is 1. The molecule has 0 atom stereocenters. The third-order valence-electron chi connectivity index (χ3n) is 4.97. The van der Waals surface area contributed by atoms with Crippen LogP contribution < -0.4 is 5.32 Å². The number of rotatable bonds is 6. The SMILES string of the molecule is Cc1ccc(C(=O)NCc2cccc(CN3CCCCC3)c2)cc1[N+](=O)[O-]. The Bertz CT molecular complexity index is 829. The molecule has 1 aliphatic heterocycles. The van der Waals surface area contributed by atoms with E-state index in [1.54, 1.807) is 19.1 Å². The normalized spacial score (nSPS) is 14.7. The number of likely N-dealkylation sites (tertiary alicyclic amines) is 1. The highest BCUT2D eigenvalue weighted by atomic mass is 16.6. The van der Waals surface area contributed by atoms with Crippen LogP contribution in [0.3, 0.4) is 0 Å². The van der Waals surface area contributed by atoms with Gasteiger partial charge in [-0.15, -0.1) is 0 Å². The maximum absolute atomic E-state index is 12.4. The van der Waals surface area contributed by atoms with Crippen LogP contribution in [-0.2, 0) is 13.1 Å². The zero-order valence-electron chi connectivity index (χ0n) is 15.6. The molecular formula is C21H25N3O3. The molecule has 1 N–H and O–H groups in total. The molecule has 2 aromatic carbocycles. The van der Waals surface area contributed by atoms with Gasteiger partial charge in [0.1, 0.15) is 0 Å². The van der Waals surface area contributed by atoms with Crippen molar-refractivity contribution in [1.82, 2.24) is 10.2 Å². The molecule has 1 saturated heterocycles. The summed E-state index contributed by atoms with van der Waals surface area (Å²) in [5.41, 5.74) is 3.08. The minimum atomic E-state index is -0.462. The summed E-state index contributed by atoms with van der Waals surface area (Å²) in [5, 5.41) is 13.9. The predicted octanol–water partition coefficient (Wildman–Crippen LogP) is 3.82. The van der Waals surface area contributed by atoms with Gasteiger partial charge < -0.3 is 5.32 Å². The van der Waals surface area contributed by atoms with E-state index in [1.807, 2.05) is 12.1 Å². The van der Waals surface area contributed by atoms with E-state index in [-0.39, 0.29) is 11.6 Å². The topological polar surface area (TPSA) is 75.5 Å². The number of nitrogens with one attached hydrogen (secondary N) is 1. The highest BCUT2D eigenvalue weighted by Gasteiger charge is 2.15. The molecule has 1 heterocycles. The van der Waals surface area contributed by atoms with Crippen LogP contribution in [0.1, 0.15) is 46.3 Å².